The van der Waals surface area contributed by atoms with Gasteiger partial charge in [-0.25, -0.2) is 0 Å². The zero-order valence-electron chi connectivity index (χ0n) is 10.7. The third-order valence-corrected chi connectivity index (χ3v) is 3.69. The Morgan fingerprint density at radius 3 is 2.70 bits per heavy atom. The standard InChI is InChI=1S/C12H15N5O3/c13-4-7-3-6(12(19)20)1-2-9(7)17-5-8(11(15)18)10(14)16-17/h5-7,9H,1-3H2,(H2,14,16)(H2,15,18)(H,19,20)/t6-,7+,9-/m1/s1. The van der Waals surface area contributed by atoms with Gasteiger partial charge in [-0.1, -0.05) is 0 Å². The Hall–Kier alpha value is -2.56. The molecule has 8 heteroatoms. The molecule has 3 atom stereocenters. The van der Waals surface area contributed by atoms with Crippen LogP contribution in [0.1, 0.15) is 35.7 Å². The fraction of sp³-hybridized carbons (Fsp3) is 0.500. The van der Waals surface area contributed by atoms with Crippen LogP contribution in [0.3, 0.4) is 0 Å². The number of primary amides is 1. The third kappa shape index (κ3) is 2.42. The minimum Gasteiger partial charge on any atom is -0.481 e. The zero-order valence-corrected chi connectivity index (χ0v) is 10.7. The number of hydrogen-bond donors (Lipinski definition) is 3. The third-order valence-electron chi connectivity index (χ3n) is 3.69. The molecule has 0 spiro atoms. The van der Waals surface area contributed by atoms with Crippen LogP contribution in [0.2, 0.25) is 0 Å². The van der Waals surface area contributed by atoms with Gasteiger partial charge >= 0.3 is 5.97 Å². The topological polar surface area (TPSA) is 148 Å². The van der Waals surface area contributed by atoms with Gasteiger partial charge in [0.05, 0.1) is 23.9 Å². The van der Waals surface area contributed by atoms with Crippen LogP contribution in [-0.2, 0) is 4.79 Å². The second-order valence-corrected chi connectivity index (χ2v) is 4.92. The molecule has 20 heavy (non-hydrogen) atoms. The number of nitrogen functional groups attached to an aromatic ring is 1. The number of carboxylic acids is 1. The van der Waals surface area contributed by atoms with Crippen molar-refractivity contribution in [2.24, 2.45) is 17.6 Å². The van der Waals surface area contributed by atoms with E-state index in [1.165, 1.54) is 10.9 Å². The van der Waals surface area contributed by atoms with Gasteiger partial charge in [0, 0.05) is 6.20 Å². The summed E-state index contributed by atoms with van der Waals surface area (Å²) >= 11 is 0. The molecule has 2 rings (SSSR count). The van der Waals surface area contributed by atoms with Gasteiger partial charge in [0.15, 0.2) is 5.82 Å². The molecular weight excluding hydrogens is 262 g/mol. The van der Waals surface area contributed by atoms with E-state index >= 15 is 0 Å². The van der Waals surface area contributed by atoms with Crippen molar-refractivity contribution in [3.8, 4) is 6.07 Å². The molecule has 0 bridgehead atoms. The normalized spacial score (nSPS) is 25.9. The van der Waals surface area contributed by atoms with E-state index in [0.29, 0.717) is 12.8 Å². The number of carbonyl (C=O) groups excluding carboxylic acids is 1. The number of nitriles is 1. The number of nitrogens with zero attached hydrogens (tertiary/aromatic N) is 3. The lowest BCUT2D eigenvalue weighted by molar-refractivity contribution is -0.143. The predicted molar refractivity (Wildman–Crippen MR) is 68.3 cm³/mol. The van der Waals surface area contributed by atoms with Gasteiger partial charge in [0.1, 0.15) is 5.56 Å². The maximum absolute atomic E-state index is 11.2. The number of carboxylic acid groups (broad SMARTS) is 1. The highest BCUT2D eigenvalue weighted by Gasteiger charge is 2.35. The average Bonchev–Trinajstić information content (AvgIpc) is 2.80. The molecule has 5 N–H and O–H groups in total. The van der Waals surface area contributed by atoms with Crippen LogP contribution in [0.25, 0.3) is 0 Å². The number of anilines is 1. The first kappa shape index (κ1) is 13.9. The Morgan fingerprint density at radius 2 is 2.20 bits per heavy atom. The summed E-state index contributed by atoms with van der Waals surface area (Å²) in [6.07, 6.45) is 2.65. The van der Waals surface area contributed by atoms with E-state index in [0.717, 1.165) is 0 Å². The number of aromatic nitrogens is 2. The van der Waals surface area contributed by atoms with Crippen LogP contribution >= 0.6 is 0 Å². The molecule has 1 aliphatic carbocycles. The van der Waals surface area contributed by atoms with E-state index in [1.807, 2.05) is 0 Å². The molecule has 1 aliphatic rings. The fourth-order valence-corrected chi connectivity index (χ4v) is 2.60. The molecule has 1 fully saturated rings. The van der Waals surface area contributed by atoms with Crippen LogP contribution in [0, 0.1) is 23.2 Å². The van der Waals surface area contributed by atoms with E-state index in [-0.39, 0.29) is 23.8 Å². The van der Waals surface area contributed by atoms with Crippen molar-refractivity contribution in [1.29, 1.82) is 5.26 Å². The summed E-state index contributed by atoms with van der Waals surface area (Å²) in [5.41, 5.74) is 10.9. The number of rotatable bonds is 3. The monoisotopic (exact) mass is 277 g/mol. The first-order chi connectivity index (χ1) is 9.43. The first-order valence-electron chi connectivity index (χ1n) is 6.21. The number of nitrogens with two attached hydrogens (primary N) is 2. The molecule has 1 aromatic rings. The average molecular weight is 277 g/mol. The van der Waals surface area contributed by atoms with Crippen molar-refractivity contribution in [2.45, 2.75) is 25.3 Å². The second-order valence-electron chi connectivity index (χ2n) is 4.92. The molecule has 0 aromatic carbocycles. The Kier molecular flexibility index (Phi) is 3.61. The molecule has 1 aromatic heterocycles. The summed E-state index contributed by atoms with van der Waals surface area (Å²) in [5.74, 6) is -2.54. The molecule has 0 unspecified atom stereocenters. The van der Waals surface area contributed by atoms with Crippen molar-refractivity contribution >= 4 is 17.7 Å². The van der Waals surface area contributed by atoms with Crippen molar-refractivity contribution in [3.63, 3.8) is 0 Å². The van der Waals surface area contributed by atoms with Crippen molar-refractivity contribution in [2.75, 3.05) is 5.73 Å². The molecule has 0 saturated heterocycles. The Labute approximate surface area is 115 Å². The molecular formula is C12H15N5O3. The van der Waals surface area contributed by atoms with Gasteiger partial charge in [-0.2, -0.15) is 10.4 Å². The maximum Gasteiger partial charge on any atom is 0.306 e. The van der Waals surface area contributed by atoms with Gasteiger partial charge < -0.3 is 16.6 Å². The summed E-state index contributed by atoms with van der Waals surface area (Å²) in [7, 11) is 0. The summed E-state index contributed by atoms with van der Waals surface area (Å²) in [5, 5.41) is 22.2. The largest absolute Gasteiger partial charge is 0.481 e. The quantitative estimate of drug-likeness (QED) is 0.715. The lowest BCUT2D eigenvalue weighted by Crippen LogP contribution is -2.30. The zero-order chi connectivity index (χ0) is 14.9. The number of amides is 1. The highest BCUT2D eigenvalue weighted by Crippen LogP contribution is 2.37. The van der Waals surface area contributed by atoms with Crippen LogP contribution < -0.4 is 11.5 Å². The molecule has 1 heterocycles. The molecule has 8 nitrogen and oxygen atoms in total. The van der Waals surface area contributed by atoms with Gasteiger partial charge in [-0.3, -0.25) is 14.3 Å². The first-order valence-corrected chi connectivity index (χ1v) is 6.21. The summed E-state index contributed by atoms with van der Waals surface area (Å²) in [6, 6.07) is 1.83. The fourth-order valence-electron chi connectivity index (χ4n) is 2.60. The maximum atomic E-state index is 11.2. The molecule has 1 saturated carbocycles. The molecule has 106 valence electrons. The summed E-state index contributed by atoms with van der Waals surface area (Å²) in [4.78, 5) is 22.2. The smallest absolute Gasteiger partial charge is 0.306 e. The van der Waals surface area contributed by atoms with Crippen molar-refractivity contribution in [1.82, 2.24) is 9.78 Å². The van der Waals surface area contributed by atoms with E-state index in [1.54, 1.807) is 0 Å². The summed E-state index contributed by atoms with van der Waals surface area (Å²) < 4.78 is 1.46. The van der Waals surface area contributed by atoms with Crippen molar-refractivity contribution in [3.05, 3.63) is 11.8 Å². The lowest BCUT2D eigenvalue weighted by atomic mass is 9.79. The molecule has 1 amide bonds. The van der Waals surface area contributed by atoms with Gasteiger partial charge in [-0.05, 0) is 19.3 Å². The van der Waals surface area contributed by atoms with Gasteiger partial charge in [-0.15, -0.1) is 0 Å². The Bertz CT molecular complexity index is 588. The highest BCUT2D eigenvalue weighted by atomic mass is 16.4. The van der Waals surface area contributed by atoms with E-state index in [9.17, 15) is 14.9 Å². The Morgan fingerprint density at radius 1 is 1.50 bits per heavy atom. The minimum absolute atomic E-state index is 0.0227. The van der Waals surface area contributed by atoms with Gasteiger partial charge in [0.2, 0.25) is 0 Å². The van der Waals surface area contributed by atoms with E-state index in [2.05, 4.69) is 11.2 Å². The second kappa shape index (κ2) is 5.21. The van der Waals surface area contributed by atoms with E-state index < -0.39 is 23.7 Å². The van der Waals surface area contributed by atoms with Crippen LogP contribution in [0.4, 0.5) is 5.82 Å². The molecule has 0 aliphatic heterocycles. The van der Waals surface area contributed by atoms with E-state index in [4.69, 9.17) is 16.6 Å². The summed E-state index contributed by atoms with van der Waals surface area (Å²) in [6.45, 7) is 0. The van der Waals surface area contributed by atoms with Crippen LogP contribution in [0.5, 0.6) is 0 Å². The number of aliphatic carboxylic acids is 1. The lowest BCUT2D eigenvalue weighted by Gasteiger charge is -2.30. The highest BCUT2D eigenvalue weighted by molar-refractivity contribution is 5.96. The van der Waals surface area contributed by atoms with Crippen LogP contribution in [0.15, 0.2) is 6.20 Å². The molecule has 0 radical (unpaired) electrons. The number of carbonyl (C=O) groups is 2. The van der Waals surface area contributed by atoms with Crippen molar-refractivity contribution < 1.29 is 14.7 Å². The predicted octanol–water partition coefficient (Wildman–Crippen LogP) is 0.130. The number of hydrogen-bond acceptors (Lipinski definition) is 5. The van der Waals surface area contributed by atoms with Gasteiger partial charge in [0.25, 0.3) is 5.91 Å². The minimum atomic E-state index is -0.887. The SMILES string of the molecule is N#C[C@@H]1C[C@H](C(=O)O)CC[C@H]1n1cc(C(N)=O)c(N)n1. The van der Waals surface area contributed by atoms with Crippen LogP contribution in [-0.4, -0.2) is 26.8 Å². The Balaban J connectivity index is 2.25.